The highest BCUT2D eigenvalue weighted by Gasteiger charge is 2.29. The SMILES string of the molecule is Cl.O=C(CN1CCCCC1C(=O)O)Nc1ccc(F)cc1Cl. The summed E-state index contributed by atoms with van der Waals surface area (Å²) in [6, 6.07) is 3.05. The molecule has 0 aromatic heterocycles. The lowest BCUT2D eigenvalue weighted by Gasteiger charge is -2.32. The Hall–Kier alpha value is -1.37. The number of hydrogen-bond acceptors (Lipinski definition) is 3. The van der Waals surface area contributed by atoms with E-state index in [1.165, 1.54) is 12.1 Å². The van der Waals surface area contributed by atoms with Gasteiger partial charge >= 0.3 is 5.97 Å². The number of halogens is 3. The van der Waals surface area contributed by atoms with E-state index in [1.54, 1.807) is 4.90 Å². The molecule has 1 amide bonds. The van der Waals surface area contributed by atoms with Crippen molar-refractivity contribution < 1.29 is 19.1 Å². The number of carbonyl (C=O) groups excluding carboxylic acids is 1. The molecule has 1 aliphatic rings. The van der Waals surface area contributed by atoms with Crippen molar-refractivity contribution in [3.05, 3.63) is 29.0 Å². The maximum absolute atomic E-state index is 12.9. The Balaban J connectivity index is 0.00000242. The van der Waals surface area contributed by atoms with Crippen molar-refractivity contribution in [1.82, 2.24) is 4.90 Å². The van der Waals surface area contributed by atoms with Crippen LogP contribution in [0.15, 0.2) is 18.2 Å². The summed E-state index contributed by atoms with van der Waals surface area (Å²) in [7, 11) is 0. The number of carboxylic acid groups (broad SMARTS) is 1. The van der Waals surface area contributed by atoms with Gasteiger partial charge in [0.25, 0.3) is 0 Å². The molecule has 1 fully saturated rings. The molecule has 0 radical (unpaired) electrons. The Morgan fingerprint density at radius 1 is 1.41 bits per heavy atom. The molecular formula is C14H17Cl2FN2O3. The minimum atomic E-state index is -0.915. The second-order valence-electron chi connectivity index (χ2n) is 4.99. The van der Waals surface area contributed by atoms with Crippen molar-refractivity contribution in [1.29, 1.82) is 0 Å². The molecule has 1 saturated heterocycles. The quantitative estimate of drug-likeness (QED) is 0.875. The molecule has 122 valence electrons. The first-order valence-corrected chi connectivity index (χ1v) is 7.07. The van der Waals surface area contributed by atoms with Crippen molar-refractivity contribution in [2.75, 3.05) is 18.4 Å². The van der Waals surface area contributed by atoms with Crippen LogP contribution in [0.1, 0.15) is 19.3 Å². The summed E-state index contributed by atoms with van der Waals surface area (Å²) in [6.07, 6.45) is 2.26. The first kappa shape index (κ1) is 18.7. The molecule has 1 heterocycles. The molecule has 0 saturated carbocycles. The number of piperidine rings is 1. The van der Waals surface area contributed by atoms with Crippen LogP contribution in [0.4, 0.5) is 10.1 Å². The Morgan fingerprint density at radius 2 is 2.14 bits per heavy atom. The molecule has 8 heteroatoms. The number of benzene rings is 1. The third kappa shape index (κ3) is 4.83. The van der Waals surface area contributed by atoms with Crippen LogP contribution >= 0.6 is 24.0 Å². The molecule has 0 aliphatic carbocycles. The molecule has 1 aliphatic heterocycles. The van der Waals surface area contributed by atoms with Gasteiger partial charge in [-0.25, -0.2) is 4.39 Å². The molecule has 1 aromatic rings. The zero-order valence-electron chi connectivity index (χ0n) is 11.7. The van der Waals surface area contributed by atoms with E-state index in [0.717, 1.165) is 18.9 Å². The van der Waals surface area contributed by atoms with Gasteiger partial charge in [0.15, 0.2) is 0 Å². The lowest BCUT2D eigenvalue weighted by Crippen LogP contribution is -2.47. The van der Waals surface area contributed by atoms with Crippen LogP contribution in [-0.2, 0) is 9.59 Å². The van der Waals surface area contributed by atoms with Gasteiger partial charge in [0.2, 0.25) is 5.91 Å². The van der Waals surface area contributed by atoms with Gasteiger partial charge in [-0.1, -0.05) is 18.0 Å². The minimum absolute atomic E-state index is 0. The number of amides is 1. The summed E-state index contributed by atoms with van der Waals surface area (Å²) >= 11 is 5.83. The lowest BCUT2D eigenvalue weighted by molar-refractivity contribution is -0.145. The summed E-state index contributed by atoms with van der Waals surface area (Å²) in [5.41, 5.74) is 0.312. The predicted molar refractivity (Wildman–Crippen MR) is 84.1 cm³/mol. The van der Waals surface area contributed by atoms with Crippen LogP contribution in [0.3, 0.4) is 0 Å². The number of aliphatic carboxylic acids is 1. The molecule has 5 nitrogen and oxygen atoms in total. The second kappa shape index (κ2) is 8.31. The molecule has 0 bridgehead atoms. The first-order chi connectivity index (χ1) is 9.97. The van der Waals surface area contributed by atoms with E-state index < -0.39 is 17.8 Å². The van der Waals surface area contributed by atoms with Gasteiger partial charge in [-0.15, -0.1) is 12.4 Å². The molecule has 2 N–H and O–H groups in total. The lowest BCUT2D eigenvalue weighted by atomic mass is 10.0. The number of anilines is 1. The summed E-state index contributed by atoms with van der Waals surface area (Å²) < 4.78 is 12.9. The Kier molecular flexibility index (Phi) is 7.06. The van der Waals surface area contributed by atoms with E-state index in [1.807, 2.05) is 0 Å². The molecular weight excluding hydrogens is 334 g/mol. The largest absolute Gasteiger partial charge is 0.480 e. The van der Waals surface area contributed by atoms with Gasteiger partial charge in [-0.05, 0) is 37.6 Å². The topological polar surface area (TPSA) is 69.6 Å². The van der Waals surface area contributed by atoms with Crippen molar-refractivity contribution in [3.63, 3.8) is 0 Å². The Morgan fingerprint density at radius 3 is 2.77 bits per heavy atom. The van der Waals surface area contributed by atoms with Crippen molar-refractivity contribution >= 4 is 41.6 Å². The van der Waals surface area contributed by atoms with Crippen LogP contribution in [0.2, 0.25) is 5.02 Å². The normalized spacial score (nSPS) is 18.4. The molecule has 1 unspecified atom stereocenters. The van der Waals surface area contributed by atoms with Crippen LogP contribution in [0.5, 0.6) is 0 Å². The zero-order valence-corrected chi connectivity index (χ0v) is 13.3. The summed E-state index contributed by atoms with van der Waals surface area (Å²) in [5.74, 6) is -1.76. The first-order valence-electron chi connectivity index (χ1n) is 6.69. The Bertz CT molecular complexity index is 557. The van der Waals surface area contributed by atoms with Gasteiger partial charge in [-0.2, -0.15) is 0 Å². The predicted octanol–water partition coefficient (Wildman–Crippen LogP) is 2.78. The standard InChI is InChI=1S/C14H16ClFN2O3.ClH/c15-10-7-9(16)4-5-11(10)17-13(19)8-18-6-2-1-3-12(18)14(20)21;/h4-5,7,12H,1-3,6,8H2,(H,17,19)(H,20,21);1H. The maximum Gasteiger partial charge on any atom is 0.320 e. The van der Waals surface area contributed by atoms with Gasteiger partial charge in [-0.3, -0.25) is 14.5 Å². The van der Waals surface area contributed by atoms with E-state index in [4.69, 9.17) is 16.7 Å². The van der Waals surface area contributed by atoms with E-state index in [-0.39, 0.29) is 29.9 Å². The van der Waals surface area contributed by atoms with Gasteiger partial charge < -0.3 is 10.4 Å². The number of carbonyl (C=O) groups is 2. The monoisotopic (exact) mass is 350 g/mol. The summed E-state index contributed by atoms with van der Waals surface area (Å²) in [4.78, 5) is 24.8. The highest BCUT2D eigenvalue weighted by molar-refractivity contribution is 6.33. The van der Waals surface area contributed by atoms with Crippen LogP contribution in [0.25, 0.3) is 0 Å². The average Bonchev–Trinajstić information content (AvgIpc) is 2.42. The molecule has 1 atom stereocenters. The highest BCUT2D eigenvalue weighted by atomic mass is 35.5. The number of hydrogen-bond donors (Lipinski definition) is 2. The van der Waals surface area contributed by atoms with E-state index in [2.05, 4.69) is 5.32 Å². The van der Waals surface area contributed by atoms with Crippen LogP contribution in [-0.4, -0.2) is 41.0 Å². The van der Waals surface area contributed by atoms with Crippen molar-refractivity contribution in [2.24, 2.45) is 0 Å². The van der Waals surface area contributed by atoms with E-state index in [0.29, 0.717) is 18.7 Å². The highest BCUT2D eigenvalue weighted by Crippen LogP contribution is 2.23. The molecule has 0 spiro atoms. The molecule has 2 rings (SSSR count). The number of likely N-dealkylation sites (tertiary alicyclic amines) is 1. The van der Waals surface area contributed by atoms with Crippen molar-refractivity contribution in [2.45, 2.75) is 25.3 Å². The van der Waals surface area contributed by atoms with Crippen LogP contribution in [0, 0.1) is 5.82 Å². The van der Waals surface area contributed by atoms with Crippen LogP contribution < -0.4 is 5.32 Å². The smallest absolute Gasteiger partial charge is 0.320 e. The number of nitrogens with zero attached hydrogens (tertiary/aromatic N) is 1. The fraction of sp³-hybridized carbons (Fsp3) is 0.429. The molecule has 1 aromatic carbocycles. The van der Waals surface area contributed by atoms with E-state index >= 15 is 0 Å². The maximum atomic E-state index is 12.9. The fourth-order valence-corrected chi connectivity index (χ4v) is 2.64. The summed E-state index contributed by atoms with van der Waals surface area (Å²) in [6.45, 7) is 0.548. The number of nitrogens with one attached hydrogen (secondary N) is 1. The Labute approximate surface area is 138 Å². The summed E-state index contributed by atoms with van der Waals surface area (Å²) in [5, 5.41) is 11.8. The second-order valence-corrected chi connectivity index (χ2v) is 5.40. The van der Waals surface area contributed by atoms with Gasteiger partial charge in [0.1, 0.15) is 11.9 Å². The average molecular weight is 351 g/mol. The number of carboxylic acids is 1. The van der Waals surface area contributed by atoms with Gasteiger partial charge in [0.05, 0.1) is 17.3 Å². The molecule has 22 heavy (non-hydrogen) atoms. The fourth-order valence-electron chi connectivity index (χ4n) is 2.42. The van der Waals surface area contributed by atoms with Gasteiger partial charge in [0, 0.05) is 0 Å². The van der Waals surface area contributed by atoms with E-state index in [9.17, 15) is 14.0 Å². The third-order valence-corrected chi connectivity index (χ3v) is 3.76. The number of rotatable bonds is 4. The van der Waals surface area contributed by atoms with Crippen molar-refractivity contribution in [3.8, 4) is 0 Å². The zero-order chi connectivity index (χ0) is 15.4. The third-order valence-electron chi connectivity index (χ3n) is 3.45. The minimum Gasteiger partial charge on any atom is -0.480 e.